The molecule has 0 unspecified atom stereocenters. The number of aromatic amines is 2. The van der Waals surface area contributed by atoms with Gasteiger partial charge in [0.25, 0.3) is 11.5 Å². The molecule has 1 aromatic heterocycles. The van der Waals surface area contributed by atoms with Gasteiger partial charge in [-0.1, -0.05) is 28.1 Å². The van der Waals surface area contributed by atoms with Crippen molar-refractivity contribution >= 4 is 45.0 Å². The topological polar surface area (TPSA) is 69.0 Å². The molecule has 0 aliphatic carbocycles. The highest BCUT2D eigenvalue weighted by atomic mass is 79.9. The van der Waals surface area contributed by atoms with Gasteiger partial charge in [-0.05, 0) is 61.0 Å². The zero-order valence-corrected chi connectivity index (χ0v) is 16.2. The van der Waals surface area contributed by atoms with Gasteiger partial charge < -0.3 is 9.88 Å². The first-order valence-corrected chi connectivity index (χ1v) is 9.56. The number of carbonyl (C=O) groups excluding carboxylic acids is 1. The van der Waals surface area contributed by atoms with Crippen LogP contribution < -0.4 is 5.56 Å². The number of rotatable bonds is 2. The van der Waals surface area contributed by atoms with E-state index >= 15 is 0 Å². The van der Waals surface area contributed by atoms with Gasteiger partial charge in [0.05, 0.1) is 16.9 Å². The van der Waals surface area contributed by atoms with E-state index in [0.717, 1.165) is 29.4 Å². The van der Waals surface area contributed by atoms with E-state index in [-0.39, 0.29) is 22.3 Å². The fourth-order valence-corrected chi connectivity index (χ4v) is 3.98. The Labute approximate surface area is 163 Å². The van der Waals surface area contributed by atoms with Gasteiger partial charge in [0.1, 0.15) is 0 Å². The highest BCUT2D eigenvalue weighted by Gasteiger charge is 2.30. The summed E-state index contributed by atoms with van der Waals surface area (Å²) < 4.78 is 1.27. The lowest BCUT2D eigenvalue weighted by molar-refractivity contribution is 0.0736. The molecule has 1 saturated heterocycles. The van der Waals surface area contributed by atoms with E-state index in [4.69, 9.17) is 12.2 Å². The molecule has 1 aliphatic rings. The highest BCUT2D eigenvalue weighted by Crippen LogP contribution is 2.33. The predicted molar refractivity (Wildman–Crippen MR) is 107 cm³/mol. The first-order chi connectivity index (χ1) is 12.5. The number of aromatic nitrogens is 2. The van der Waals surface area contributed by atoms with Crippen LogP contribution in [0.3, 0.4) is 0 Å². The molecule has 1 atom stereocenters. The molecular weight excluding hydrogens is 414 g/mol. The third-order valence-electron chi connectivity index (χ3n) is 4.75. The van der Waals surface area contributed by atoms with E-state index in [0.29, 0.717) is 16.5 Å². The summed E-state index contributed by atoms with van der Waals surface area (Å²) in [4.78, 5) is 32.5. The summed E-state index contributed by atoms with van der Waals surface area (Å²) in [5.41, 5.74) is 2.01. The molecule has 1 amide bonds. The zero-order chi connectivity index (χ0) is 18.3. The lowest BCUT2D eigenvalue weighted by Crippen LogP contribution is -2.30. The summed E-state index contributed by atoms with van der Waals surface area (Å²) >= 11 is 8.47. The number of halogens is 1. The summed E-state index contributed by atoms with van der Waals surface area (Å²) in [6, 6.07) is 13.3. The predicted octanol–water partition coefficient (Wildman–Crippen LogP) is 4.33. The lowest BCUT2D eigenvalue weighted by atomic mass is 10.0. The minimum absolute atomic E-state index is 0.0306. The standard InChI is InChI=1S/C19H16BrN3O2S/c20-13-6-3-11(4-7-13)16-2-1-9-23(16)18(25)12-5-8-14-15(10-12)21-19(26)22-17(14)24/h3-8,10,16H,1-2,9H2,(H2,21,22,24,26)/t16-/m1/s1. The molecule has 4 rings (SSSR count). The molecule has 1 aliphatic heterocycles. The summed E-state index contributed by atoms with van der Waals surface area (Å²) in [6.45, 7) is 0.725. The monoisotopic (exact) mass is 429 g/mol. The smallest absolute Gasteiger partial charge is 0.259 e. The van der Waals surface area contributed by atoms with Crippen LogP contribution in [0.2, 0.25) is 0 Å². The van der Waals surface area contributed by atoms with Crippen LogP contribution in [0.4, 0.5) is 0 Å². The van der Waals surface area contributed by atoms with Crippen LogP contribution in [0.25, 0.3) is 10.9 Å². The summed E-state index contributed by atoms with van der Waals surface area (Å²) in [5, 5.41) is 0.487. The van der Waals surface area contributed by atoms with Crippen LogP contribution in [-0.2, 0) is 0 Å². The molecule has 1 fully saturated rings. The summed E-state index contributed by atoms with van der Waals surface area (Å²) in [5.74, 6) is -0.0306. The van der Waals surface area contributed by atoms with Crippen molar-refractivity contribution < 1.29 is 4.79 Å². The van der Waals surface area contributed by atoms with E-state index in [9.17, 15) is 9.59 Å². The van der Waals surface area contributed by atoms with Gasteiger partial charge in [0.15, 0.2) is 4.77 Å². The second kappa shape index (κ2) is 6.81. The Morgan fingerprint density at radius 3 is 2.69 bits per heavy atom. The Morgan fingerprint density at radius 1 is 1.15 bits per heavy atom. The fourth-order valence-electron chi connectivity index (χ4n) is 3.51. The van der Waals surface area contributed by atoms with E-state index in [1.807, 2.05) is 17.0 Å². The molecule has 2 N–H and O–H groups in total. The second-order valence-electron chi connectivity index (χ2n) is 6.38. The normalized spacial score (nSPS) is 17.0. The molecule has 2 aromatic carbocycles. The van der Waals surface area contributed by atoms with Gasteiger partial charge in [0.2, 0.25) is 0 Å². The molecular formula is C19H16BrN3O2S. The number of amides is 1. The minimum atomic E-state index is -0.253. The van der Waals surface area contributed by atoms with Crippen molar-refractivity contribution in [3.05, 3.63) is 73.2 Å². The zero-order valence-electron chi connectivity index (χ0n) is 13.8. The van der Waals surface area contributed by atoms with Crippen molar-refractivity contribution in [3.8, 4) is 0 Å². The third-order valence-corrected chi connectivity index (χ3v) is 5.49. The first-order valence-electron chi connectivity index (χ1n) is 8.36. The molecule has 26 heavy (non-hydrogen) atoms. The molecule has 2 heterocycles. The van der Waals surface area contributed by atoms with Crippen molar-refractivity contribution in [2.24, 2.45) is 0 Å². The van der Waals surface area contributed by atoms with Crippen LogP contribution in [0.5, 0.6) is 0 Å². The van der Waals surface area contributed by atoms with Crippen LogP contribution in [0, 0.1) is 4.77 Å². The van der Waals surface area contributed by atoms with Gasteiger partial charge in [0, 0.05) is 16.6 Å². The Morgan fingerprint density at radius 2 is 1.92 bits per heavy atom. The first kappa shape index (κ1) is 17.2. The average molecular weight is 430 g/mol. The van der Waals surface area contributed by atoms with E-state index < -0.39 is 0 Å². The van der Waals surface area contributed by atoms with Crippen molar-refractivity contribution in [1.29, 1.82) is 0 Å². The van der Waals surface area contributed by atoms with Gasteiger partial charge in [-0.25, -0.2) is 0 Å². The van der Waals surface area contributed by atoms with E-state index in [1.165, 1.54) is 0 Å². The molecule has 132 valence electrons. The number of nitrogens with zero attached hydrogens (tertiary/aromatic N) is 1. The maximum Gasteiger partial charge on any atom is 0.259 e. The average Bonchev–Trinajstić information content (AvgIpc) is 3.10. The van der Waals surface area contributed by atoms with Gasteiger partial charge in [-0.3, -0.25) is 14.6 Å². The number of hydrogen-bond acceptors (Lipinski definition) is 3. The van der Waals surface area contributed by atoms with Gasteiger partial charge in [-0.15, -0.1) is 0 Å². The highest BCUT2D eigenvalue weighted by molar-refractivity contribution is 9.10. The maximum atomic E-state index is 13.1. The largest absolute Gasteiger partial charge is 0.332 e. The number of H-pyrrole nitrogens is 2. The Balaban J connectivity index is 1.70. The molecule has 7 heteroatoms. The SMILES string of the molecule is O=C(c1ccc2c(=O)[nH]c(=S)[nH]c2c1)N1CCC[C@@H]1c1ccc(Br)cc1. The number of nitrogens with one attached hydrogen (secondary N) is 2. The van der Waals surface area contributed by atoms with Crippen LogP contribution >= 0.6 is 28.1 Å². The number of benzene rings is 2. The number of fused-ring (bicyclic) bond motifs is 1. The second-order valence-corrected chi connectivity index (χ2v) is 7.70. The number of hydrogen-bond donors (Lipinski definition) is 2. The van der Waals surface area contributed by atoms with Crippen LogP contribution in [0.15, 0.2) is 51.7 Å². The van der Waals surface area contributed by atoms with Crippen molar-refractivity contribution in [3.63, 3.8) is 0 Å². The molecule has 5 nitrogen and oxygen atoms in total. The molecule has 3 aromatic rings. The summed E-state index contributed by atoms with van der Waals surface area (Å²) in [7, 11) is 0. The fraction of sp³-hybridized carbons (Fsp3) is 0.211. The maximum absolute atomic E-state index is 13.1. The minimum Gasteiger partial charge on any atom is -0.332 e. The number of likely N-dealkylation sites (tertiary alicyclic amines) is 1. The van der Waals surface area contributed by atoms with Gasteiger partial charge >= 0.3 is 0 Å². The van der Waals surface area contributed by atoms with E-state index in [2.05, 4.69) is 38.0 Å². The summed E-state index contributed by atoms with van der Waals surface area (Å²) in [6.07, 6.45) is 1.92. The van der Waals surface area contributed by atoms with E-state index in [1.54, 1.807) is 18.2 Å². The number of carbonyl (C=O) groups is 1. The van der Waals surface area contributed by atoms with Gasteiger partial charge in [-0.2, -0.15) is 0 Å². The molecule has 0 radical (unpaired) electrons. The Bertz CT molecular complexity index is 1100. The third kappa shape index (κ3) is 3.12. The molecule has 0 spiro atoms. The molecule has 0 saturated carbocycles. The molecule has 0 bridgehead atoms. The van der Waals surface area contributed by atoms with Crippen LogP contribution in [-0.4, -0.2) is 27.3 Å². The van der Waals surface area contributed by atoms with Crippen molar-refractivity contribution in [2.75, 3.05) is 6.54 Å². The quantitative estimate of drug-likeness (QED) is 0.595. The lowest BCUT2D eigenvalue weighted by Gasteiger charge is -2.25. The Kier molecular flexibility index (Phi) is 4.50. The Hall–Kier alpha value is -2.25. The van der Waals surface area contributed by atoms with Crippen molar-refractivity contribution in [2.45, 2.75) is 18.9 Å². The van der Waals surface area contributed by atoms with Crippen molar-refractivity contribution in [1.82, 2.24) is 14.9 Å². The van der Waals surface area contributed by atoms with Crippen LogP contribution in [0.1, 0.15) is 34.8 Å².